The van der Waals surface area contributed by atoms with Gasteiger partial charge < -0.3 is 10.4 Å². The number of amides is 1. The molecule has 3 atom stereocenters. The molecular formula is C17H25NO2. The number of carbonyl (C=O) groups excluding carboxylic acids is 1. The van der Waals surface area contributed by atoms with E-state index in [0.717, 1.165) is 25.7 Å². The Hall–Kier alpha value is -1.35. The summed E-state index contributed by atoms with van der Waals surface area (Å²) in [4.78, 5) is 12.1. The summed E-state index contributed by atoms with van der Waals surface area (Å²) in [6.07, 6.45) is 3.96. The van der Waals surface area contributed by atoms with Crippen molar-refractivity contribution < 1.29 is 9.90 Å². The molecule has 0 spiro atoms. The zero-order valence-corrected chi connectivity index (χ0v) is 12.4. The number of aryl methyl sites for hydroxylation is 1. The predicted octanol–water partition coefficient (Wildman–Crippen LogP) is 2.91. The third-order valence-electron chi connectivity index (χ3n) is 4.29. The summed E-state index contributed by atoms with van der Waals surface area (Å²) in [6.45, 7) is 4.16. The van der Waals surface area contributed by atoms with Crippen LogP contribution in [0.5, 0.6) is 0 Å². The van der Waals surface area contributed by atoms with Crippen molar-refractivity contribution in [3.8, 4) is 0 Å². The SMILES string of the molecule is Cc1ccccc1C(C)CC(=O)NC1CCCCC1O. The van der Waals surface area contributed by atoms with Crippen LogP contribution in [0.15, 0.2) is 24.3 Å². The Bertz CT molecular complexity index is 458. The Balaban J connectivity index is 1.89. The number of aliphatic hydroxyl groups is 1. The quantitative estimate of drug-likeness (QED) is 0.887. The van der Waals surface area contributed by atoms with E-state index < -0.39 is 0 Å². The number of nitrogens with one attached hydrogen (secondary N) is 1. The van der Waals surface area contributed by atoms with Gasteiger partial charge in [0.25, 0.3) is 0 Å². The average Bonchev–Trinajstić information content (AvgIpc) is 2.41. The number of aliphatic hydroxyl groups excluding tert-OH is 1. The van der Waals surface area contributed by atoms with E-state index in [1.54, 1.807) is 0 Å². The van der Waals surface area contributed by atoms with Crippen molar-refractivity contribution in [1.29, 1.82) is 0 Å². The maximum Gasteiger partial charge on any atom is 0.220 e. The van der Waals surface area contributed by atoms with Crippen LogP contribution in [0.4, 0.5) is 0 Å². The summed E-state index contributed by atoms with van der Waals surface area (Å²) in [5.74, 6) is 0.253. The van der Waals surface area contributed by atoms with Crippen molar-refractivity contribution in [3.05, 3.63) is 35.4 Å². The highest BCUT2D eigenvalue weighted by molar-refractivity contribution is 5.77. The first-order chi connectivity index (χ1) is 9.58. The van der Waals surface area contributed by atoms with E-state index in [0.29, 0.717) is 6.42 Å². The lowest BCUT2D eigenvalue weighted by atomic mass is 9.91. The molecule has 0 heterocycles. The summed E-state index contributed by atoms with van der Waals surface area (Å²) in [7, 11) is 0. The van der Waals surface area contributed by atoms with E-state index in [2.05, 4.69) is 31.3 Å². The fourth-order valence-electron chi connectivity index (χ4n) is 3.07. The lowest BCUT2D eigenvalue weighted by Gasteiger charge is -2.28. The van der Waals surface area contributed by atoms with Gasteiger partial charge in [0.1, 0.15) is 0 Å². The molecule has 0 radical (unpaired) electrons. The molecule has 1 saturated carbocycles. The lowest BCUT2D eigenvalue weighted by molar-refractivity contribution is -0.123. The topological polar surface area (TPSA) is 49.3 Å². The minimum atomic E-state index is -0.374. The minimum absolute atomic E-state index is 0.0479. The van der Waals surface area contributed by atoms with Gasteiger partial charge in [-0.25, -0.2) is 0 Å². The number of benzene rings is 1. The van der Waals surface area contributed by atoms with E-state index >= 15 is 0 Å². The normalized spacial score (nSPS) is 24.1. The molecule has 1 aromatic rings. The van der Waals surface area contributed by atoms with E-state index in [1.165, 1.54) is 11.1 Å². The van der Waals surface area contributed by atoms with Gasteiger partial charge in [0.15, 0.2) is 0 Å². The van der Waals surface area contributed by atoms with E-state index in [4.69, 9.17) is 0 Å². The van der Waals surface area contributed by atoms with Crippen LogP contribution < -0.4 is 5.32 Å². The zero-order chi connectivity index (χ0) is 14.5. The molecule has 1 amide bonds. The highest BCUT2D eigenvalue weighted by Crippen LogP contribution is 2.23. The van der Waals surface area contributed by atoms with Gasteiger partial charge in [0, 0.05) is 6.42 Å². The van der Waals surface area contributed by atoms with Gasteiger partial charge in [-0.3, -0.25) is 4.79 Å². The first kappa shape index (κ1) is 15.0. The molecule has 3 unspecified atom stereocenters. The summed E-state index contributed by atoms with van der Waals surface area (Å²) < 4.78 is 0. The maximum atomic E-state index is 12.1. The number of rotatable bonds is 4. The second-order valence-corrected chi connectivity index (χ2v) is 5.99. The van der Waals surface area contributed by atoms with Crippen LogP contribution in [0.25, 0.3) is 0 Å². The van der Waals surface area contributed by atoms with Crippen LogP contribution in [0.1, 0.15) is 56.1 Å². The molecule has 1 aliphatic carbocycles. The fourth-order valence-corrected chi connectivity index (χ4v) is 3.07. The second kappa shape index (κ2) is 6.89. The maximum absolute atomic E-state index is 12.1. The number of hydrogen-bond donors (Lipinski definition) is 2. The van der Waals surface area contributed by atoms with Crippen LogP contribution >= 0.6 is 0 Å². The standard InChI is InChI=1S/C17H25NO2/c1-12-7-3-4-8-14(12)13(2)11-17(20)18-15-9-5-6-10-16(15)19/h3-4,7-8,13,15-16,19H,5-6,9-11H2,1-2H3,(H,18,20). The van der Waals surface area contributed by atoms with Gasteiger partial charge in [0.2, 0.25) is 5.91 Å². The third-order valence-corrected chi connectivity index (χ3v) is 4.29. The van der Waals surface area contributed by atoms with Crippen molar-refractivity contribution >= 4 is 5.91 Å². The Kier molecular flexibility index (Phi) is 5.18. The number of carbonyl (C=O) groups is 1. The fraction of sp³-hybridized carbons (Fsp3) is 0.588. The van der Waals surface area contributed by atoms with E-state index in [1.807, 2.05) is 12.1 Å². The molecule has 0 saturated heterocycles. The Morgan fingerprint density at radius 2 is 2.05 bits per heavy atom. The van der Waals surface area contributed by atoms with Gasteiger partial charge in [-0.1, -0.05) is 44.0 Å². The third kappa shape index (κ3) is 3.83. The zero-order valence-electron chi connectivity index (χ0n) is 12.4. The molecule has 3 nitrogen and oxygen atoms in total. The van der Waals surface area contributed by atoms with E-state index in [-0.39, 0.29) is 24.0 Å². The van der Waals surface area contributed by atoms with Crippen molar-refractivity contribution in [2.24, 2.45) is 0 Å². The van der Waals surface area contributed by atoms with Gasteiger partial charge in [0.05, 0.1) is 12.1 Å². The molecule has 20 heavy (non-hydrogen) atoms. The van der Waals surface area contributed by atoms with Crippen LogP contribution in [-0.4, -0.2) is 23.2 Å². The molecular weight excluding hydrogens is 250 g/mol. The van der Waals surface area contributed by atoms with Crippen molar-refractivity contribution in [3.63, 3.8) is 0 Å². The Morgan fingerprint density at radius 3 is 2.75 bits per heavy atom. The minimum Gasteiger partial charge on any atom is -0.391 e. The predicted molar refractivity (Wildman–Crippen MR) is 80.6 cm³/mol. The highest BCUT2D eigenvalue weighted by atomic mass is 16.3. The first-order valence-electron chi connectivity index (χ1n) is 7.61. The summed E-state index contributed by atoms with van der Waals surface area (Å²) >= 11 is 0. The molecule has 0 aromatic heterocycles. The van der Waals surface area contributed by atoms with Crippen LogP contribution in [0, 0.1) is 6.92 Å². The van der Waals surface area contributed by atoms with Gasteiger partial charge >= 0.3 is 0 Å². The van der Waals surface area contributed by atoms with Crippen molar-refractivity contribution in [1.82, 2.24) is 5.32 Å². The molecule has 3 heteroatoms. The summed E-state index contributed by atoms with van der Waals surface area (Å²) in [5, 5.41) is 12.9. The molecule has 0 aliphatic heterocycles. The van der Waals surface area contributed by atoms with Crippen LogP contribution in [0.3, 0.4) is 0 Å². The van der Waals surface area contributed by atoms with Crippen LogP contribution in [0.2, 0.25) is 0 Å². The molecule has 2 rings (SSSR count). The second-order valence-electron chi connectivity index (χ2n) is 5.99. The van der Waals surface area contributed by atoms with Gasteiger partial charge in [-0.05, 0) is 36.8 Å². The Morgan fingerprint density at radius 1 is 1.35 bits per heavy atom. The largest absolute Gasteiger partial charge is 0.391 e. The average molecular weight is 275 g/mol. The summed E-state index contributed by atoms with van der Waals surface area (Å²) in [5.41, 5.74) is 2.46. The molecule has 1 aromatic carbocycles. The van der Waals surface area contributed by atoms with Crippen molar-refractivity contribution in [2.45, 2.75) is 64.0 Å². The molecule has 1 aliphatic rings. The molecule has 2 N–H and O–H groups in total. The first-order valence-corrected chi connectivity index (χ1v) is 7.61. The van der Waals surface area contributed by atoms with Crippen molar-refractivity contribution in [2.75, 3.05) is 0 Å². The lowest BCUT2D eigenvalue weighted by Crippen LogP contribution is -2.45. The number of hydrogen-bond acceptors (Lipinski definition) is 2. The highest BCUT2D eigenvalue weighted by Gasteiger charge is 2.25. The Labute approximate surface area is 121 Å². The monoisotopic (exact) mass is 275 g/mol. The van der Waals surface area contributed by atoms with E-state index in [9.17, 15) is 9.90 Å². The molecule has 1 fully saturated rings. The summed E-state index contributed by atoms with van der Waals surface area (Å²) in [6, 6.07) is 8.14. The molecule has 110 valence electrons. The van der Waals surface area contributed by atoms with Gasteiger partial charge in [-0.2, -0.15) is 0 Å². The van der Waals surface area contributed by atoms with Gasteiger partial charge in [-0.15, -0.1) is 0 Å². The molecule has 0 bridgehead atoms. The van der Waals surface area contributed by atoms with Crippen LogP contribution in [-0.2, 0) is 4.79 Å². The smallest absolute Gasteiger partial charge is 0.220 e.